The second-order valence-electron chi connectivity index (χ2n) is 5.21. The predicted octanol–water partition coefficient (Wildman–Crippen LogP) is 3.59. The lowest BCUT2D eigenvalue weighted by atomic mass is 10.0. The van der Waals surface area contributed by atoms with Gasteiger partial charge in [-0.2, -0.15) is 0 Å². The van der Waals surface area contributed by atoms with Gasteiger partial charge in [0.05, 0.1) is 0 Å². The average Bonchev–Trinajstić information content (AvgIpc) is 3.18. The normalized spacial score (nSPS) is 16.9. The van der Waals surface area contributed by atoms with E-state index in [1.165, 1.54) is 12.8 Å². The van der Waals surface area contributed by atoms with Gasteiger partial charge in [0.25, 0.3) is 0 Å². The Labute approximate surface area is 108 Å². The molecule has 1 fully saturated rings. The summed E-state index contributed by atoms with van der Waals surface area (Å²) in [5.41, 5.74) is 0.878. The topological polar surface area (TPSA) is 12.0 Å². The van der Waals surface area contributed by atoms with Crippen LogP contribution in [0, 0.1) is 24.5 Å². The molecule has 0 heterocycles. The Hall–Kier alpha value is -0.960. The van der Waals surface area contributed by atoms with E-state index in [1.54, 1.807) is 19.1 Å². The summed E-state index contributed by atoms with van der Waals surface area (Å²) in [6, 6.07) is 3.83. The summed E-state index contributed by atoms with van der Waals surface area (Å²) in [6.07, 6.45) is 4.03. The number of hydrogen-bond donors (Lipinski definition) is 1. The molecule has 1 aromatic carbocycles. The summed E-state index contributed by atoms with van der Waals surface area (Å²) in [5, 5.41) is 3.44. The van der Waals surface area contributed by atoms with Crippen LogP contribution in [0.25, 0.3) is 0 Å². The van der Waals surface area contributed by atoms with E-state index in [-0.39, 0.29) is 0 Å². The van der Waals surface area contributed by atoms with Gasteiger partial charge in [0.2, 0.25) is 0 Å². The average molecular weight is 253 g/mol. The van der Waals surface area contributed by atoms with E-state index in [2.05, 4.69) is 12.2 Å². The lowest BCUT2D eigenvalue weighted by molar-refractivity contribution is 0.437. The second kappa shape index (κ2) is 5.79. The van der Waals surface area contributed by atoms with E-state index in [9.17, 15) is 8.78 Å². The number of nitrogens with one attached hydrogen (secondary N) is 1. The minimum atomic E-state index is -0.695. The molecule has 0 aromatic heterocycles. The summed E-state index contributed by atoms with van der Waals surface area (Å²) in [6.45, 7) is 4.61. The van der Waals surface area contributed by atoms with Crippen molar-refractivity contribution in [1.82, 2.24) is 5.32 Å². The first-order chi connectivity index (χ1) is 8.63. The van der Waals surface area contributed by atoms with Gasteiger partial charge in [0.15, 0.2) is 11.6 Å². The van der Waals surface area contributed by atoms with Gasteiger partial charge < -0.3 is 5.32 Å². The summed E-state index contributed by atoms with van der Waals surface area (Å²) < 4.78 is 27.2. The van der Waals surface area contributed by atoms with Crippen LogP contribution in [0.1, 0.15) is 37.3 Å². The zero-order chi connectivity index (χ0) is 13.1. The zero-order valence-electron chi connectivity index (χ0n) is 11.1. The molecule has 1 N–H and O–H groups in total. The molecule has 1 aliphatic carbocycles. The monoisotopic (exact) mass is 253 g/mol. The molecule has 0 bridgehead atoms. The van der Waals surface area contributed by atoms with Gasteiger partial charge in [0.1, 0.15) is 0 Å². The smallest absolute Gasteiger partial charge is 0.162 e. The maximum atomic E-state index is 13.7. The summed E-state index contributed by atoms with van der Waals surface area (Å²) >= 11 is 0. The van der Waals surface area contributed by atoms with Crippen LogP contribution >= 0.6 is 0 Å². The van der Waals surface area contributed by atoms with Crippen molar-refractivity contribution in [2.24, 2.45) is 5.92 Å². The van der Waals surface area contributed by atoms with Crippen molar-refractivity contribution in [2.45, 2.75) is 45.6 Å². The SMILES string of the molecule is CCNC(CCc1ccc(C)c(F)c1F)C1CC1. The van der Waals surface area contributed by atoms with Gasteiger partial charge in [-0.15, -0.1) is 0 Å². The second-order valence-corrected chi connectivity index (χ2v) is 5.21. The van der Waals surface area contributed by atoms with Crippen molar-refractivity contribution < 1.29 is 8.78 Å². The third-order valence-corrected chi connectivity index (χ3v) is 3.74. The van der Waals surface area contributed by atoms with E-state index in [0.717, 1.165) is 18.9 Å². The minimum absolute atomic E-state index is 0.377. The molecule has 1 aromatic rings. The van der Waals surface area contributed by atoms with Crippen molar-refractivity contribution in [3.05, 3.63) is 34.9 Å². The fraction of sp³-hybridized carbons (Fsp3) is 0.600. The van der Waals surface area contributed by atoms with E-state index in [1.807, 2.05) is 0 Å². The third-order valence-electron chi connectivity index (χ3n) is 3.74. The lowest BCUT2D eigenvalue weighted by Gasteiger charge is -2.17. The van der Waals surface area contributed by atoms with E-state index in [0.29, 0.717) is 23.6 Å². The van der Waals surface area contributed by atoms with Crippen molar-refractivity contribution in [3.63, 3.8) is 0 Å². The number of benzene rings is 1. The molecule has 0 radical (unpaired) electrons. The highest BCUT2D eigenvalue weighted by Crippen LogP contribution is 2.34. The Morgan fingerprint density at radius 3 is 2.61 bits per heavy atom. The molecule has 1 atom stereocenters. The standard InChI is InChI=1S/C15H21F2N/c1-3-18-13(11-6-7-11)9-8-12-5-4-10(2)14(16)15(12)17/h4-5,11,13,18H,3,6-9H2,1-2H3. The predicted molar refractivity (Wildman–Crippen MR) is 69.6 cm³/mol. The van der Waals surface area contributed by atoms with Crippen molar-refractivity contribution in [3.8, 4) is 0 Å². The first kappa shape index (κ1) is 13.5. The van der Waals surface area contributed by atoms with Gasteiger partial charge in [-0.25, -0.2) is 8.78 Å². The molecule has 100 valence electrons. The molecule has 18 heavy (non-hydrogen) atoms. The van der Waals surface area contributed by atoms with Crippen LogP contribution in [0.3, 0.4) is 0 Å². The van der Waals surface area contributed by atoms with Crippen LogP contribution in [0.4, 0.5) is 8.78 Å². The molecule has 0 amide bonds. The molecular weight excluding hydrogens is 232 g/mol. The molecule has 1 aliphatic rings. The molecule has 1 nitrogen and oxygen atoms in total. The fourth-order valence-corrected chi connectivity index (χ4v) is 2.46. The number of aryl methyl sites for hydroxylation is 2. The fourth-order valence-electron chi connectivity index (χ4n) is 2.46. The summed E-state index contributed by atoms with van der Waals surface area (Å²) in [5.74, 6) is -0.622. The summed E-state index contributed by atoms with van der Waals surface area (Å²) in [4.78, 5) is 0. The van der Waals surface area contributed by atoms with E-state index < -0.39 is 11.6 Å². The molecule has 0 aliphatic heterocycles. The van der Waals surface area contributed by atoms with Gasteiger partial charge in [-0.05, 0) is 56.2 Å². The molecule has 2 rings (SSSR count). The minimum Gasteiger partial charge on any atom is -0.314 e. The van der Waals surface area contributed by atoms with E-state index >= 15 is 0 Å². The highest BCUT2D eigenvalue weighted by Gasteiger charge is 2.30. The van der Waals surface area contributed by atoms with Crippen LogP contribution in [0.2, 0.25) is 0 Å². The van der Waals surface area contributed by atoms with Crippen LogP contribution < -0.4 is 5.32 Å². The van der Waals surface area contributed by atoms with Gasteiger partial charge >= 0.3 is 0 Å². The highest BCUT2D eigenvalue weighted by molar-refractivity contribution is 5.25. The molecule has 3 heteroatoms. The number of halogens is 2. The molecule has 0 saturated heterocycles. The molecule has 0 spiro atoms. The van der Waals surface area contributed by atoms with Crippen molar-refractivity contribution in [2.75, 3.05) is 6.54 Å². The largest absolute Gasteiger partial charge is 0.314 e. The van der Waals surface area contributed by atoms with Gasteiger partial charge in [-0.3, -0.25) is 0 Å². The number of rotatable bonds is 6. The Morgan fingerprint density at radius 2 is 2.00 bits per heavy atom. The van der Waals surface area contributed by atoms with Crippen LogP contribution in [-0.4, -0.2) is 12.6 Å². The maximum Gasteiger partial charge on any atom is 0.162 e. The summed E-state index contributed by atoms with van der Waals surface area (Å²) in [7, 11) is 0. The molecule has 1 unspecified atom stereocenters. The Morgan fingerprint density at radius 1 is 1.28 bits per heavy atom. The van der Waals surface area contributed by atoms with Gasteiger partial charge in [0, 0.05) is 6.04 Å². The van der Waals surface area contributed by atoms with Crippen molar-refractivity contribution >= 4 is 0 Å². The molecule has 1 saturated carbocycles. The number of hydrogen-bond acceptors (Lipinski definition) is 1. The van der Waals surface area contributed by atoms with E-state index in [4.69, 9.17) is 0 Å². The first-order valence-corrected chi connectivity index (χ1v) is 6.80. The maximum absolute atomic E-state index is 13.7. The lowest BCUT2D eigenvalue weighted by Crippen LogP contribution is -2.31. The van der Waals surface area contributed by atoms with Crippen LogP contribution in [-0.2, 0) is 6.42 Å². The van der Waals surface area contributed by atoms with Crippen LogP contribution in [0.15, 0.2) is 12.1 Å². The molecular formula is C15H21F2N. The zero-order valence-corrected chi connectivity index (χ0v) is 11.1. The highest BCUT2D eigenvalue weighted by atomic mass is 19.2. The first-order valence-electron chi connectivity index (χ1n) is 6.80. The Kier molecular flexibility index (Phi) is 4.33. The Balaban J connectivity index is 1.98. The third kappa shape index (κ3) is 3.08. The van der Waals surface area contributed by atoms with Crippen molar-refractivity contribution in [1.29, 1.82) is 0 Å². The quantitative estimate of drug-likeness (QED) is 0.817. The van der Waals surface area contributed by atoms with Gasteiger partial charge in [-0.1, -0.05) is 19.1 Å². The Bertz CT molecular complexity index is 413. The van der Waals surface area contributed by atoms with Crippen LogP contribution in [0.5, 0.6) is 0 Å².